The fourth-order valence-corrected chi connectivity index (χ4v) is 12.2. The summed E-state index contributed by atoms with van der Waals surface area (Å²) in [5.74, 6) is 0. The molecule has 0 saturated carbocycles. The smallest absolute Gasteiger partial charge is 0.422 e. The molecule has 0 amide bonds. The summed E-state index contributed by atoms with van der Waals surface area (Å²) in [6.45, 7) is 22.2. The van der Waals surface area contributed by atoms with Crippen molar-refractivity contribution in [3.8, 4) is 21.0 Å². The maximum absolute atomic E-state index is 13.2. The van der Waals surface area contributed by atoms with Gasteiger partial charge in [0.2, 0.25) is 0 Å². The lowest BCUT2D eigenvalue weighted by Crippen LogP contribution is -2.58. The topological polar surface area (TPSA) is 66.1 Å². The number of fused-ring (bicyclic) bond motifs is 1. The summed E-state index contributed by atoms with van der Waals surface area (Å²) in [6, 6.07) is 12.2. The van der Waals surface area contributed by atoms with Crippen LogP contribution in [0.1, 0.15) is 66.8 Å². The number of benzene rings is 1. The largest absolute Gasteiger partial charge is 0.538 e. The van der Waals surface area contributed by atoms with E-state index in [1.54, 1.807) is 22.7 Å². The molecule has 0 spiro atoms. The Kier molecular flexibility index (Phi) is 11.3. The maximum Gasteiger partial charge on any atom is 0.538 e. The molecule has 0 N–H and O–H groups in total. The van der Waals surface area contributed by atoms with Crippen LogP contribution in [0, 0.1) is 27.7 Å². The number of aryl methyl sites for hydroxylation is 1. The van der Waals surface area contributed by atoms with Crippen molar-refractivity contribution in [2.24, 2.45) is 7.05 Å². The van der Waals surface area contributed by atoms with E-state index in [4.69, 9.17) is 17.7 Å². The monoisotopic (exact) mass is 704 g/mol. The molecule has 4 heterocycles. The highest BCUT2D eigenvalue weighted by Crippen LogP contribution is 2.39. The van der Waals surface area contributed by atoms with Crippen LogP contribution in [0.15, 0.2) is 45.6 Å². The van der Waals surface area contributed by atoms with E-state index in [2.05, 4.69) is 82.3 Å². The van der Waals surface area contributed by atoms with E-state index in [0.717, 1.165) is 56.1 Å². The highest BCUT2D eigenvalue weighted by Gasteiger charge is 2.47. The summed E-state index contributed by atoms with van der Waals surface area (Å²) in [7, 11) is -0.920. The molecule has 0 aliphatic heterocycles. The third kappa shape index (κ3) is 6.66. The predicted octanol–water partition coefficient (Wildman–Crippen LogP) is 9.09. The van der Waals surface area contributed by atoms with Crippen LogP contribution in [0.2, 0.25) is 0 Å². The van der Waals surface area contributed by atoms with Crippen molar-refractivity contribution in [1.82, 2.24) is 4.57 Å². The SMILES string of the molecule is CCO[Si](OCC)(OCC)c1c(C)sc(C=Cc2c(C)c(C)c(-c3ccc(-c4cc5ccc(N(CC)CC)cc5oc4=O)s3)n2C)c1C. The van der Waals surface area contributed by atoms with Gasteiger partial charge in [-0.25, -0.2) is 4.79 Å². The second kappa shape index (κ2) is 15.1. The van der Waals surface area contributed by atoms with E-state index < -0.39 is 8.80 Å². The first-order chi connectivity index (χ1) is 23.0. The Labute approximate surface area is 293 Å². The molecule has 10 heteroatoms. The van der Waals surface area contributed by atoms with E-state index in [-0.39, 0.29) is 5.63 Å². The zero-order chi connectivity index (χ0) is 34.7. The van der Waals surface area contributed by atoms with Gasteiger partial charge in [-0.3, -0.25) is 0 Å². The molecule has 0 unspecified atom stereocenters. The number of thiophene rings is 2. The Hall–Kier alpha value is -3.25. The van der Waals surface area contributed by atoms with Gasteiger partial charge in [0, 0.05) is 82.6 Å². The van der Waals surface area contributed by atoms with Crippen molar-refractivity contribution in [2.75, 3.05) is 37.8 Å². The Morgan fingerprint density at radius 2 is 1.46 bits per heavy atom. The van der Waals surface area contributed by atoms with Crippen LogP contribution in [-0.2, 0) is 20.3 Å². The summed E-state index contributed by atoms with van der Waals surface area (Å²) in [5, 5.41) is 2.01. The molecule has 0 fully saturated rings. The third-order valence-electron chi connectivity index (χ3n) is 9.01. The van der Waals surface area contributed by atoms with Crippen LogP contribution in [0.3, 0.4) is 0 Å². The highest BCUT2D eigenvalue weighted by molar-refractivity contribution is 7.18. The molecular weight excluding hydrogens is 657 g/mol. The second-order valence-electron chi connectivity index (χ2n) is 11.8. The van der Waals surface area contributed by atoms with Crippen LogP contribution >= 0.6 is 22.7 Å². The van der Waals surface area contributed by atoms with Crippen molar-refractivity contribution in [3.05, 3.63) is 79.0 Å². The van der Waals surface area contributed by atoms with Gasteiger partial charge in [-0.1, -0.05) is 0 Å². The summed E-state index contributed by atoms with van der Waals surface area (Å²) >= 11 is 3.37. The number of anilines is 1. The lowest BCUT2D eigenvalue weighted by Gasteiger charge is -2.29. The van der Waals surface area contributed by atoms with Gasteiger partial charge in [-0.2, -0.15) is 0 Å². The molecule has 1 aromatic carbocycles. The molecular formula is C38H48N2O5S2Si. The van der Waals surface area contributed by atoms with Gasteiger partial charge < -0.3 is 27.2 Å². The normalized spacial score (nSPS) is 12.2. The Morgan fingerprint density at radius 3 is 2.08 bits per heavy atom. The third-order valence-corrected chi connectivity index (χ3v) is 14.9. The van der Waals surface area contributed by atoms with Gasteiger partial charge in [-0.15, -0.1) is 22.7 Å². The number of hydrogen-bond donors (Lipinski definition) is 0. The van der Waals surface area contributed by atoms with Crippen LogP contribution in [0.5, 0.6) is 0 Å². The standard InChI is InChI=1S/C38H48N2O5S2Si/c1-11-40(12-2)29-17-16-28-22-30(38(41)45-32(28)23-29)34-20-21-35(47-34)36-25(7)24(6)31(39(36)10)18-19-33-26(8)37(27(9)46-33)48(42-13-3,43-14-4)44-15-5/h16-23H,11-15H2,1-10H3. The minimum absolute atomic E-state index is 0.318. The number of aromatic nitrogens is 1. The molecule has 0 bridgehead atoms. The van der Waals surface area contributed by atoms with Crippen LogP contribution in [0.25, 0.3) is 44.1 Å². The van der Waals surface area contributed by atoms with Crippen molar-refractivity contribution in [1.29, 1.82) is 0 Å². The van der Waals surface area contributed by atoms with Gasteiger partial charge in [0.25, 0.3) is 0 Å². The first-order valence-corrected chi connectivity index (χ1v) is 20.2. The summed E-state index contributed by atoms with van der Waals surface area (Å²) in [6.07, 6.45) is 4.41. The molecule has 48 heavy (non-hydrogen) atoms. The first-order valence-electron chi connectivity index (χ1n) is 16.8. The fraction of sp³-hybridized carbons (Fsp3) is 0.395. The zero-order valence-electron chi connectivity index (χ0n) is 29.9. The molecule has 5 aromatic rings. The van der Waals surface area contributed by atoms with E-state index in [0.29, 0.717) is 31.0 Å². The summed E-state index contributed by atoms with van der Waals surface area (Å²) < 4.78 is 26.9. The van der Waals surface area contributed by atoms with Crippen molar-refractivity contribution >= 4 is 65.5 Å². The lowest BCUT2D eigenvalue weighted by atomic mass is 10.1. The molecule has 0 aliphatic carbocycles. The first kappa shape index (κ1) is 36.0. The van der Waals surface area contributed by atoms with Crippen LogP contribution in [-0.4, -0.2) is 46.3 Å². The van der Waals surface area contributed by atoms with E-state index in [9.17, 15) is 4.79 Å². The Bertz CT molecular complexity index is 1980. The average molecular weight is 705 g/mol. The van der Waals surface area contributed by atoms with E-state index in [1.807, 2.05) is 45.0 Å². The molecule has 0 saturated heterocycles. The highest BCUT2D eigenvalue weighted by atomic mass is 32.1. The molecule has 7 nitrogen and oxygen atoms in total. The van der Waals surface area contributed by atoms with Crippen LogP contribution < -0.4 is 15.7 Å². The molecule has 4 aromatic heterocycles. The van der Waals surface area contributed by atoms with Crippen molar-refractivity contribution in [2.45, 2.75) is 62.3 Å². The summed E-state index contributed by atoms with van der Waals surface area (Å²) in [4.78, 5) is 19.8. The Morgan fingerprint density at radius 1 is 0.812 bits per heavy atom. The Balaban J connectivity index is 1.48. The summed E-state index contributed by atoms with van der Waals surface area (Å²) in [5.41, 5.74) is 7.82. The quantitative estimate of drug-likeness (QED) is 0.0849. The number of nitrogens with zero attached hydrogens (tertiary/aromatic N) is 2. The molecule has 256 valence electrons. The minimum atomic E-state index is -3.03. The zero-order valence-corrected chi connectivity index (χ0v) is 32.5. The van der Waals surface area contributed by atoms with Crippen molar-refractivity contribution < 1.29 is 17.7 Å². The molecule has 0 aliphatic rings. The maximum atomic E-state index is 13.2. The average Bonchev–Trinajstić information content (AvgIpc) is 3.70. The fourth-order valence-electron chi connectivity index (χ4n) is 6.60. The van der Waals surface area contributed by atoms with Gasteiger partial charge in [0.15, 0.2) is 0 Å². The number of hydrogen-bond acceptors (Lipinski definition) is 8. The number of rotatable bonds is 14. The van der Waals surface area contributed by atoms with E-state index >= 15 is 0 Å². The second-order valence-corrected chi connectivity index (χ2v) is 16.6. The van der Waals surface area contributed by atoms with Gasteiger partial charge in [-0.05, 0) is 121 Å². The minimum Gasteiger partial charge on any atom is -0.422 e. The molecule has 5 rings (SSSR count). The predicted molar refractivity (Wildman–Crippen MR) is 206 cm³/mol. The lowest BCUT2D eigenvalue weighted by molar-refractivity contribution is 0.0858. The van der Waals surface area contributed by atoms with Crippen molar-refractivity contribution in [3.63, 3.8) is 0 Å². The van der Waals surface area contributed by atoms with Gasteiger partial charge in [0.1, 0.15) is 5.58 Å². The molecule has 0 radical (unpaired) electrons. The van der Waals surface area contributed by atoms with Crippen LogP contribution in [0.4, 0.5) is 5.69 Å². The molecule has 0 atom stereocenters. The van der Waals surface area contributed by atoms with E-state index in [1.165, 1.54) is 20.9 Å². The van der Waals surface area contributed by atoms with Gasteiger partial charge >= 0.3 is 14.4 Å². The van der Waals surface area contributed by atoms with Gasteiger partial charge in [0.05, 0.1) is 16.1 Å².